The Morgan fingerprint density at radius 3 is 2.12 bits per heavy atom. The molecule has 4 rings (SSSR count). The maximum atomic E-state index is 11.8. The Kier molecular flexibility index (Phi) is 13.8. The molecule has 0 bridgehead atoms. The van der Waals surface area contributed by atoms with Crippen LogP contribution in [-0.4, -0.2) is 67.5 Å². The molecule has 194 valence electrons. The predicted octanol–water partition coefficient (Wildman–Crippen LogP) is 3.99. The number of nitrogens with zero attached hydrogens (tertiary/aromatic N) is 2. The zero-order chi connectivity index (χ0) is 23.7. The smallest absolute Gasteiger partial charge is 0.220 e. The fraction of sp³-hybridized carbons (Fsp3) is 0.885. The summed E-state index contributed by atoms with van der Waals surface area (Å²) in [6.45, 7) is 4.96. The highest BCUT2D eigenvalue weighted by atomic mass is 32.2. The first-order chi connectivity index (χ1) is 16.8. The molecule has 0 radical (unpaired) electrons. The summed E-state index contributed by atoms with van der Waals surface area (Å²) in [6.07, 6.45) is 18.5. The maximum Gasteiger partial charge on any atom is 0.220 e. The van der Waals surface area contributed by atoms with Gasteiger partial charge >= 0.3 is 0 Å². The number of hydrogen-bond acceptors (Lipinski definition) is 7. The monoisotopic (exact) mass is 492 g/mol. The van der Waals surface area contributed by atoms with Gasteiger partial charge in [-0.1, -0.05) is 63.1 Å². The minimum atomic E-state index is 0.223. The Bertz CT molecular complexity index is 625. The lowest BCUT2D eigenvalue weighted by molar-refractivity contribution is -0.121. The van der Waals surface area contributed by atoms with Crippen molar-refractivity contribution in [2.24, 2.45) is 9.98 Å². The topological polar surface area (TPSA) is 89.9 Å². The second-order valence-electron chi connectivity index (χ2n) is 9.97. The van der Waals surface area contributed by atoms with Crippen LogP contribution in [0.4, 0.5) is 0 Å². The summed E-state index contributed by atoms with van der Waals surface area (Å²) >= 11 is 1.85. The zero-order valence-corrected chi connectivity index (χ0v) is 22.0. The van der Waals surface area contributed by atoms with Gasteiger partial charge in [0.2, 0.25) is 5.91 Å². The molecule has 0 aromatic carbocycles. The van der Waals surface area contributed by atoms with Gasteiger partial charge < -0.3 is 21.3 Å². The van der Waals surface area contributed by atoms with Crippen molar-refractivity contribution in [1.29, 1.82) is 0 Å². The highest BCUT2D eigenvalue weighted by Crippen LogP contribution is 2.18. The minimum Gasteiger partial charge on any atom is -0.372 e. The van der Waals surface area contributed by atoms with Gasteiger partial charge in [0, 0.05) is 50.3 Å². The standard InChI is InChI=1S/C14H25N3O.C12H23N3S/c18-14(9-5-8-13-15-10-11-16-13)17-12-6-3-1-2-4-7-12;1-2-4-6-11(5-3-1)13-9-10-16-12-14-7-8-15-12/h12H,1-11H2,(H,15,16)(H,17,18);11,13H,1-10H2,(H,14,15). The molecule has 0 aromatic heterocycles. The van der Waals surface area contributed by atoms with E-state index in [1.165, 1.54) is 77.0 Å². The summed E-state index contributed by atoms with van der Waals surface area (Å²) < 4.78 is 0. The fourth-order valence-corrected chi connectivity index (χ4v) is 5.92. The second-order valence-corrected chi connectivity index (χ2v) is 11.1. The molecule has 2 saturated carbocycles. The molecule has 2 aliphatic carbocycles. The van der Waals surface area contributed by atoms with Crippen molar-refractivity contribution in [3.8, 4) is 0 Å². The maximum absolute atomic E-state index is 11.8. The van der Waals surface area contributed by atoms with Gasteiger partial charge in [-0.25, -0.2) is 0 Å². The molecule has 0 atom stereocenters. The van der Waals surface area contributed by atoms with Crippen LogP contribution in [0.5, 0.6) is 0 Å². The summed E-state index contributed by atoms with van der Waals surface area (Å²) in [5, 5.41) is 14.5. The van der Waals surface area contributed by atoms with Crippen molar-refractivity contribution in [3.05, 3.63) is 0 Å². The molecule has 0 spiro atoms. The number of rotatable bonds is 9. The number of amidine groups is 2. The van der Waals surface area contributed by atoms with E-state index in [9.17, 15) is 4.79 Å². The quantitative estimate of drug-likeness (QED) is 0.289. The first-order valence-corrected chi connectivity index (χ1v) is 15.0. The van der Waals surface area contributed by atoms with Crippen molar-refractivity contribution in [2.75, 3.05) is 38.5 Å². The lowest BCUT2D eigenvalue weighted by atomic mass is 10.1. The lowest BCUT2D eigenvalue weighted by Crippen LogP contribution is -2.34. The number of thioether (sulfide) groups is 1. The van der Waals surface area contributed by atoms with Crippen molar-refractivity contribution >= 4 is 28.7 Å². The summed E-state index contributed by atoms with van der Waals surface area (Å²) in [7, 11) is 0. The normalized spacial score (nSPS) is 21.8. The van der Waals surface area contributed by atoms with Crippen molar-refractivity contribution in [1.82, 2.24) is 21.3 Å². The Hall–Kier alpha value is -1.28. The number of hydrogen-bond donors (Lipinski definition) is 4. The van der Waals surface area contributed by atoms with Crippen molar-refractivity contribution < 1.29 is 4.79 Å². The number of carbonyl (C=O) groups excluding carboxylic acids is 1. The van der Waals surface area contributed by atoms with Gasteiger partial charge in [-0.15, -0.1) is 0 Å². The number of nitrogens with one attached hydrogen (secondary N) is 4. The number of aliphatic imine (C=N–C) groups is 2. The Balaban J connectivity index is 0.000000192. The third-order valence-corrected chi connectivity index (χ3v) is 8.01. The average molecular weight is 493 g/mol. The highest BCUT2D eigenvalue weighted by molar-refractivity contribution is 8.13. The number of carbonyl (C=O) groups is 1. The first kappa shape index (κ1) is 27.3. The van der Waals surface area contributed by atoms with Crippen LogP contribution in [0.3, 0.4) is 0 Å². The zero-order valence-electron chi connectivity index (χ0n) is 21.2. The molecule has 0 saturated heterocycles. The van der Waals surface area contributed by atoms with Crippen LogP contribution in [0.15, 0.2) is 9.98 Å². The molecule has 34 heavy (non-hydrogen) atoms. The van der Waals surface area contributed by atoms with E-state index in [0.717, 1.165) is 68.4 Å². The molecule has 8 heteroatoms. The first-order valence-electron chi connectivity index (χ1n) is 14.0. The second kappa shape index (κ2) is 17.2. The van der Waals surface area contributed by atoms with Crippen LogP contribution in [0.25, 0.3) is 0 Å². The van der Waals surface area contributed by atoms with Crippen LogP contribution in [-0.2, 0) is 4.79 Å². The van der Waals surface area contributed by atoms with E-state index >= 15 is 0 Å². The molecular formula is C26H48N6OS. The predicted molar refractivity (Wildman–Crippen MR) is 146 cm³/mol. The van der Waals surface area contributed by atoms with E-state index in [1.54, 1.807) is 0 Å². The van der Waals surface area contributed by atoms with Crippen LogP contribution >= 0.6 is 11.8 Å². The van der Waals surface area contributed by atoms with E-state index in [-0.39, 0.29) is 5.91 Å². The van der Waals surface area contributed by atoms with Crippen LogP contribution in [0.1, 0.15) is 96.3 Å². The third kappa shape index (κ3) is 11.9. The summed E-state index contributed by atoms with van der Waals surface area (Å²) in [5.74, 6) is 2.44. The van der Waals surface area contributed by atoms with Crippen molar-refractivity contribution in [3.63, 3.8) is 0 Å². The molecule has 7 nitrogen and oxygen atoms in total. The fourth-order valence-electron chi connectivity index (χ4n) is 5.12. The molecule has 2 aliphatic heterocycles. The number of amides is 1. The molecular weight excluding hydrogens is 444 g/mol. The van der Waals surface area contributed by atoms with Gasteiger partial charge in [0.15, 0.2) is 5.17 Å². The SMILES string of the molecule is C1CCCC(NCCSC2=NCCN2)CC1.O=C(CCCC1=NCCN1)NC1CCCCCC1. The van der Waals surface area contributed by atoms with Gasteiger partial charge in [-0.2, -0.15) is 0 Å². The largest absolute Gasteiger partial charge is 0.372 e. The Morgan fingerprint density at radius 1 is 0.853 bits per heavy atom. The molecule has 0 unspecified atom stereocenters. The van der Waals surface area contributed by atoms with Gasteiger partial charge in [0.05, 0.1) is 18.9 Å². The molecule has 0 aromatic rings. The van der Waals surface area contributed by atoms with E-state index in [1.807, 2.05) is 11.8 Å². The van der Waals surface area contributed by atoms with Gasteiger partial charge in [-0.05, 0) is 32.1 Å². The summed E-state index contributed by atoms with van der Waals surface area (Å²) in [6, 6.07) is 1.21. The van der Waals surface area contributed by atoms with E-state index in [4.69, 9.17) is 0 Å². The van der Waals surface area contributed by atoms with Gasteiger partial charge in [-0.3, -0.25) is 14.8 Å². The van der Waals surface area contributed by atoms with Gasteiger partial charge in [0.25, 0.3) is 0 Å². The molecule has 2 fully saturated rings. The van der Waals surface area contributed by atoms with Crippen LogP contribution in [0, 0.1) is 0 Å². The molecule has 1 amide bonds. The third-order valence-electron chi connectivity index (χ3n) is 7.05. The molecule has 4 N–H and O–H groups in total. The molecule has 4 aliphatic rings. The summed E-state index contributed by atoms with van der Waals surface area (Å²) in [5.41, 5.74) is 0. The average Bonchev–Trinajstić information content (AvgIpc) is 3.42. The minimum absolute atomic E-state index is 0.223. The van der Waals surface area contributed by atoms with E-state index < -0.39 is 0 Å². The summed E-state index contributed by atoms with van der Waals surface area (Å²) in [4.78, 5) is 20.5. The van der Waals surface area contributed by atoms with Gasteiger partial charge in [0.1, 0.15) is 0 Å². The Morgan fingerprint density at radius 2 is 1.50 bits per heavy atom. The van der Waals surface area contributed by atoms with E-state index in [0.29, 0.717) is 12.5 Å². The van der Waals surface area contributed by atoms with Crippen LogP contribution in [0.2, 0.25) is 0 Å². The molecule has 2 heterocycles. The van der Waals surface area contributed by atoms with Crippen LogP contribution < -0.4 is 21.3 Å². The lowest BCUT2D eigenvalue weighted by Gasteiger charge is -2.16. The Labute approximate surface area is 211 Å². The van der Waals surface area contributed by atoms with E-state index in [2.05, 4.69) is 31.3 Å². The highest BCUT2D eigenvalue weighted by Gasteiger charge is 2.15. The van der Waals surface area contributed by atoms with Crippen molar-refractivity contribution in [2.45, 2.75) is 108 Å².